The summed E-state index contributed by atoms with van der Waals surface area (Å²) in [7, 11) is 0. The lowest BCUT2D eigenvalue weighted by Gasteiger charge is -2.26. The number of benzene rings is 3. The van der Waals surface area contributed by atoms with Crippen LogP contribution in [0.4, 0.5) is 10.1 Å². The van der Waals surface area contributed by atoms with E-state index in [2.05, 4.69) is 10.2 Å². The molecule has 0 saturated carbocycles. The molecule has 1 aromatic heterocycles. The van der Waals surface area contributed by atoms with E-state index in [4.69, 9.17) is 0 Å². The Morgan fingerprint density at radius 1 is 1.00 bits per heavy atom. The number of amides is 1. The summed E-state index contributed by atoms with van der Waals surface area (Å²) in [5.74, 6) is -1.71. The maximum atomic E-state index is 13.7. The first kappa shape index (κ1) is 19.7. The van der Waals surface area contributed by atoms with Crippen molar-refractivity contribution in [2.75, 3.05) is 4.90 Å². The maximum Gasteiger partial charge on any atom is 0.335 e. The van der Waals surface area contributed by atoms with Gasteiger partial charge in [0.15, 0.2) is 0 Å². The van der Waals surface area contributed by atoms with E-state index in [0.717, 1.165) is 16.7 Å². The molecular weight excluding hydrogens is 409 g/mol. The molecular formula is C25H18FN3O3. The molecule has 6 nitrogen and oxygen atoms in total. The van der Waals surface area contributed by atoms with Gasteiger partial charge in [0.25, 0.3) is 5.91 Å². The molecule has 32 heavy (non-hydrogen) atoms. The predicted molar refractivity (Wildman–Crippen MR) is 117 cm³/mol. The first-order valence-electron chi connectivity index (χ1n) is 10.0. The molecule has 1 amide bonds. The van der Waals surface area contributed by atoms with Gasteiger partial charge in [-0.1, -0.05) is 42.0 Å². The lowest BCUT2D eigenvalue weighted by atomic mass is 9.95. The number of nitrogens with zero attached hydrogens (tertiary/aromatic N) is 2. The second-order valence-corrected chi connectivity index (χ2v) is 7.71. The number of rotatable bonds is 4. The van der Waals surface area contributed by atoms with E-state index in [1.165, 1.54) is 24.3 Å². The molecule has 0 fully saturated rings. The first-order chi connectivity index (χ1) is 15.4. The van der Waals surface area contributed by atoms with Crippen LogP contribution in [0.25, 0.3) is 11.3 Å². The van der Waals surface area contributed by atoms with Crippen molar-refractivity contribution >= 4 is 17.6 Å². The molecule has 5 rings (SSSR count). The van der Waals surface area contributed by atoms with Crippen LogP contribution in [0, 0.1) is 12.7 Å². The van der Waals surface area contributed by atoms with Crippen LogP contribution in [-0.4, -0.2) is 27.2 Å². The van der Waals surface area contributed by atoms with Gasteiger partial charge in [0, 0.05) is 16.8 Å². The highest BCUT2D eigenvalue weighted by Gasteiger charge is 2.43. The summed E-state index contributed by atoms with van der Waals surface area (Å²) in [6.07, 6.45) is 0. The third-order valence-corrected chi connectivity index (χ3v) is 5.67. The monoisotopic (exact) mass is 427 g/mol. The van der Waals surface area contributed by atoms with Gasteiger partial charge < -0.3 is 5.11 Å². The van der Waals surface area contributed by atoms with Crippen molar-refractivity contribution in [3.8, 4) is 11.3 Å². The molecule has 0 spiro atoms. The number of carboxylic acids is 1. The number of hydrogen-bond donors (Lipinski definition) is 2. The average Bonchev–Trinajstić information content (AvgIpc) is 3.34. The number of aromatic carboxylic acids is 1. The topological polar surface area (TPSA) is 86.3 Å². The second-order valence-electron chi connectivity index (χ2n) is 7.71. The van der Waals surface area contributed by atoms with E-state index in [9.17, 15) is 19.1 Å². The SMILES string of the molecule is Cc1ccc(-c2n[nH]c3c2[C@H](c2ccc(F)cc2)N(c2ccc(C(=O)O)cc2)C3=O)cc1. The smallest absolute Gasteiger partial charge is 0.335 e. The van der Waals surface area contributed by atoms with E-state index in [-0.39, 0.29) is 17.3 Å². The lowest BCUT2D eigenvalue weighted by Crippen LogP contribution is -2.29. The molecule has 1 aliphatic heterocycles. The number of aromatic nitrogens is 2. The highest BCUT2D eigenvalue weighted by Crippen LogP contribution is 2.45. The van der Waals surface area contributed by atoms with Crippen molar-refractivity contribution in [3.63, 3.8) is 0 Å². The molecule has 1 aliphatic rings. The van der Waals surface area contributed by atoms with Crippen molar-refractivity contribution in [1.82, 2.24) is 10.2 Å². The summed E-state index contributed by atoms with van der Waals surface area (Å²) in [6.45, 7) is 1.99. The normalized spacial score (nSPS) is 15.1. The van der Waals surface area contributed by atoms with Crippen molar-refractivity contribution in [3.05, 3.63) is 107 Å². The molecule has 0 unspecified atom stereocenters. The zero-order valence-electron chi connectivity index (χ0n) is 17.0. The van der Waals surface area contributed by atoms with Crippen LogP contribution in [0.3, 0.4) is 0 Å². The largest absolute Gasteiger partial charge is 0.478 e. The van der Waals surface area contributed by atoms with Crippen LogP contribution >= 0.6 is 0 Å². The summed E-state index contributed by atoms with van der Waals surface area (Å²) in [6, 6.07) is 19.4. The number of carbonyl (C=O) groups is 2. The summed E-state index contributed by atoms with van der Waals surface area (Å²) in [5, 5.41) is 16.5. The minimum atomic E-state index is -1.05. The van der Waals surface area contributed by atoms with Crippen molar-refractivity contribution in [2.45, 2.75) is 13.0 Å². The first-order valence-corrected chi connectivity index (χ1v) is 10.0. The Morgan fingerprint density at radius 2 is 1.66 bits per heavy atom. The maximum absolute atomic E-state index is 13.7. The third-order valence-electron chi connectivity index (χ3n) is 5.67. The molecule has 0 radical (unpaired) electrons. The Bertz CT molecular complexity index is 1330. The van der Waals surface area contributed by atoms with Crippen molar-refractivity contribution in [1.29, 1.82) is 0 Å². The van der Waals surface area contributed by atoms with Crippen molar-refractivity contribution < 1.29 is 19.1 Å². The standard InChI is InChI=1S/C25H18FN3O3/c1-14-2-4-15(5-3-14)21-20-22(28-27-21)24(30)29(19-12-8-17(9-13-19)25(31)32)23(20)16-6-10-18(26)11-7-16/h2-13,23H,1H3,(H,27,28)(H,31,32)/t23-/m0/s1. The van der Waals surface area contributed by atoms with E-state index < -0.39 is 12.0 Å². The van der Waals surface area contributed by atoms with Crippen LogP contribution in [-0.2, 0) is 0 Å². The molecule has 4 aromatic rings. The molecule has 1 atom stereocenters. The summed E-state index contributed by atoms with van der Waals surface area (Å²) >= 11 is 0. The van der Waals surface area contributed by atoms with Gasteiger partial charge >= 0.3 is 5.97 Å². The molecule has 0 saturated heterocycles. The molecule has 3 aromatic carbocycles. The number of aromatic amines is 1. The third kappa shape index (κ3) is 3.15. The van der Waals surface area contributed by atoms with Gasteiger partial charge in [0.05, 0.1) is 17.3 Å². The number of fused-ring (bicyclic) bond motifs is 1. The average molecular weight is 427 g/mol. The molecule has 0 aliphatic carbocycles. The molecule has 158 valence electrons. The molecule has 2 N–H and O–H groups in total. The van der Waals surface area contributed by atoms with E-state index in [1.807, 2.05) is 31.2 Å². The Kier molecular flexibility index (Phi) is 4.59. The minimum absolute atomic E-state index is 0.124. The second kappa shape index (κ2) is 7.46. The highest BCUT2D eigenvalue weighted by atomic mass is 19.1. The van der Waals surface area contributed by atoms with Gasteiger partial charge in [0.2, 0.25) is 0 Å². The van der Waals surface area contributed by atoms with Crippen LogP contribution in [0.2, 0.25) is 0 Å². The Labute approximate surface area is 182 Å². The van der Waals surface area contributed by atoms with Crippen LogP contribution in [0.5, 0.6) is 0 Å². The van der Waals surface area contributed by atoms with Crippen molar-refractivity contribution in [2.24, 2.45) is 0 Å². The summed E-state index contributed by atoms with van der Waals surface area (Å²) < 4.78 is 13.7. The fourth-order valence-corrected chi connectivity index (χ4v) is 4.07. The minimum Gasteiger partial charge on any atom is -0.478 e. The Hall–Kier alpha value is -4.26. The summed E-state index contributed by atoms with van der Waals surface area (Å²) in [5.41, 5.74) is 5.05. The van der Waals surface area contributed by atoms with E-state index >= 15 is 0 Å². The number of hydrogen-bond acceptors (Lipinski definition) is 3. The van der Waals surface area contributed by atoms with Gasteiger partial charge in [-0.3, -0.25) is 14.8 Å². The molecule has 2 heterocycles. The fourth-order valence-electron chi connectivity index (χ4n) is 4.07. The van der Waals surface area contributed by atoms with Gasteiger partial charge in [-0.2, -0.15) is 5.10 Å². The number of H-pyrrole nitrogens is 1. The lowest BCUT2D eigenvalue weighted by molar-refractivity contribution is 0.0696. The van der Waals surface area contributed by atoms with Gasteiger partial charge in [0.1, 0.15) is 11.5 Å². The fraction of sp³-hybridized carbons (Fsp3) is 0.0800. The quantitative estimate of drug-likeness (QED) is 0.481. The number of carbonyl (C=O) groups excluding carboxylic acids is 1. The van der Waals surface area contributed by atoms with E-state index in [1.54, 1.807) is 29.2 Å². The zero-order valence-corrected chi connectivity index (χ0v) is 17.0. The van der Waals surface area contributed by atoms with Gasteiger partial charge in [-0.15, -0.1) is 0 Å². The molecule has 7 heteroatoms. The number of halogens is 1. The number of nitrogens with one attached hydrogen (secondary N) is 1. The number of carboxylic acid groups (broad SMARTS) is 1. The Morgan fingerprint density at radius 3 is 2.28 bits per heavy atom. The predicted octanol–water partition coefficient (Wildman–Crippen LogP) is 4.97. The number of aryl methyl sites for hydroxylation is 1. The van der Waals surface area contributed by atoms with Crippen LogP contribution < -0.4 is 4.90 Å². The Balaban J connectivity index is 1.68. The van der Waals surface area contributed by atoms with E-state index in [0.29, 0.717) is 22.6 Å². The molecule has 0 bridgehead atoms. The zero-order chi connectivity index (χ0) is 22.4. The number of anilines is 1. The van der Waals surface area contributed by atoms with Crippen LogP contribution in [0.1, 0.15) is 43.6 Å². The van der Waals surface area contributed by atoms with Gasteiger partial charge in [-0.25, -0.2) is 9.18 Å². The summed E-state index contributed by atoms with van der Waals surface area (Å²) in [4.78, 5) is 26.3. The van der Waals surface area contributed by atoms with Crippen LogP contribution in [0.15, 0.2) is 72.8 Å². The van der Waals surface area contributed by atoms with Gasteiger partial charge in [-0.05, 0) is 48.9 Å². The highest BCUT2D eigenvalue weighted by molar-refractivity contribution is 6.11.